The molecule has 1 aromatic carbocycles. The number of rotatable bonds is 6. The lowest BCUT2D eigenvalue weighted by Crippen LogP contribution is -2.39. The third kappa shape index (κ3) is 4.98. The van der Waals surface area contributed by atoms with E-state index in [1.54, 1.807) is 0 Å². The molecule has 1 atom stereocenters. The zero-order chi connectivity index (χ0) is 15.9. The summed E-state index contributed by atoms with van der Waals surface area (Å²) in [5.74, 6) is 2.18. The lowest BCUT2D eigenvalue weighted by molar-refractivity contribution is -0.118. The van der Waals surface area contributed by atoms with Crippen LogP contribution in [0.15, 0.2) is 18.2 Å². The summed E-state index contributed by atoms with van der Waals surface area (Å²) >= 11 is 2.01. The van der Waals surface area contributed by atoms with Gasteiger partial charge in [0, 0.05) is 43.9 Å². The summed E-state index contributed by atoms with van der Waals surface area (Å²) in [4.78, 5) is 14.5. The minimum absolute atomic E-state index is 0.212. The maximum Gasteiger partial charge on any atom is 0.243 e. The molecule has 1 amide bonds. The second-order valence-electron chi connectivity index (χ2n) is 5.59. The number of hydrogen-bond donors (Lipinski definition) is 2. The van der Waals surface area contributed by atoms with Gasteiger partial charge >= 0.3 is 0 Å². The van der Waals surface area contributed by atoms with Crippen LogP contribution in [0.3, 0.4) is 0 Å². The van der Waals surface area contributed by atoms with Crippen molar-refractivity contribution in [1.82, 2.24) is 4.90 Å². The second kappa shape index (κ2) is 8.53. The highest BCUT2D eigenvalue weighted by molar-refractivity contribution is 7.99. The van der Waals surface area contributed by atoms with Gasteiger partial charge in [-0.3, -0.25) is 9.69 Å². The van der Waals surface area contributed by atoms with Crippen molar-refractivity contribution < 1.29 is 9.53 Å². The summed E-state index contributed by atoms with van der Waals surface area (Å²) in [6, 6.07) is 5.58. The number of ether oxygens (including phenoxy) is 1. The Labute approximate surface area is 136 Å². The average molecular weight is 323 g/mol. The molecule has 122 valence electrons. The number of nitrogens with zero attached hydrogens (tertiary/aromatic N) is 1. The Hall–Kier alpha value is -1.08. The van der Waals surface area contributed by atoms with E-state index in [4.69, 9.17) is 10.5 Å². The molecule has 1 aliphatic heterocycles. The van der Waals surface area contributed by atoms with Crippen LogP contribution in [0.25, 0.3) is 0 Å². The number of amides is 1. The van der Waals surface area contributed by atoms with E-state index < -0.39 is 6.04 Å². The number of carbonyl (C=O) groups excluding carboxylic acids is 1. The van der Waals surface area contributed by atoms with Crippen molar-refractivity contribution in [2.45, 2.75) is 19.5 Å². The molecule has 1 aliphatic rings. The van der Waals surface area contributed by atoms with Crippen LogP contribution in [-0.4, -0.2) is 55.2 Å². The molecule has 0 spiro atoms. The van der Waals surface area contributed by atoms with Crippen LogP contribution in [0.1, 0.15) is 11.1 Å². The third-order valence-corrected chi connectivity index (χ3v) is 4.70. The van der Waals surface area contributed by atoms with E-state index in [2.05, 4.69) is 22.3 Å². The molecule has 22 heavy (non-hydrogen) atoms. The highest BCUT2D eigenvalue weighted by atomic mass is 32.2. The monoisotopic (exact) mass is 323 g/mol. The van der Waals surface area contributed by atoms with E-state index in [9.17, 15) is 4.79 Å². The van der Waals surface area contributed by atoms with Crippen molar-refractivity contribution in [2.24, 2.45) is 5.73 Å². The summed E-state index contributed by atoms with van der Waals surface area (Å²) in [6.07, 6.45) is 0. The molecule has 1 saturated heterocycles. The van der Waals surface area contributed by atoms with Gasteiger partial charge in [0.25, 0.3) is 0 Å². The quantitative estimate of drug-likeness (QED) is 0.829. The lowest BCUT2D eigenvalue weighted by atomic mass is 10.1. The normalized spacial score (nSPS) is 17.2. The Bertz CT molecular complexity index is 504. The number of methoxy groups -OCH3 is 1. The van der Waals surface area contributed by atoms with E-state index >= 15 is 0 Å². The Morgan fingerprint density at radius 1 is 1.45 bits per heavy atom. The molecule has 0 aliphatic carbocycles. The standard InChI is InChI=1S/C16H25N3O2S/c1-12-3-4-13(10-19-5-7-22-8-6-19)9-15(12)18-16(20)14(17)11-21-2/h3-4,9,14H,5-8,10-11,17H2,1-2H3,(H,18,20). The van der Waals surface area contributed by atoms with Crippen molar-refractivity contribution in [3.63, 3.8) is 0 Å². The molecular formula is C16H25N3O2S. The van der Waals surface area contributed by atoms with E-state index in [1.807, 2.05) is 24.8 Å². The predicted octanol–water partition coefficient (Wildman–Crippen LogP) is 1.46. The van der Waals surface area contributed by atoms with Gasteiger partial charge in [0.2, 0.25) is 5.91 Å². The molecular weight excluding hydrogens is 298 g/mol. The van der Waals surface area contributed by atoms with Crippen molar-refractivity contribution in [3.8, 4) is 0 Å². The zero-order valence-electron chi connectivity index (χ0n) is 13.3. The maximum atomic E-state index is 12.0. The number of thioether (sulfide) groups is 1. The summed E-state index contributed by atoms with van der Waals surface area (Å²) in [5.41, 5.74) is 8.85. The summed E-state index contributed by atoms with van der Waals surface area (Å²) < 4.78 is 4.92. The van der Waals surface area contributed by atoms with Crippen LogP contribution in [0, 0.1) is 6.92 Å². The lowest BCUT2D eigenvalue weighted by Gasteiger charge is -2.26. The highest BCUT2D eigenvalue weighted by Crippen LogP contribution is 2.20. The zero-order valence-corrected chi connectivity index (χ0v) is 14.1. The van der Waals surface area contributed by atoms with E-state index in [1.165, 1.54) is 24.2 Å². The minimum Gasteiger partial charge on any atom is -0.383 e. The fraction of sp³-hybridized carbons (Fsp3) is 0.562. The molecule has 0 aromatic heterocycles. The predicted molar refractivity (Wildman–Crippen MR) is 92.3 cm³/mol. The number of nitrogens with two attached hydrogens (primary N) is 1. The second-order valence-corrected chi connectivity index (χ2v) is 6.81. The molecule has 6 heteroatoms. The van der Waals surface area contributed by atoms with Gasteiger partial charge < -0.3 is 15.8 Å². The van der Waals surface area contributed by atoms with Gasteiger partial charge in [-0.25, -0.2) is 0 Å². The fourth-order valence-corrected chi connectivity index (χ4v) is 3.38. The van der Waals surface area contributed by atoms with Gasteiger partial charge in [0.15, 0.2) is 0 Å². The molecule has 3 N–H and O–H groups in total. The first kappa shape index (κ1) is 17.3. The van der Waals surface area contributed by atoms with Crippen LogP contribution >= 0.6 is 11.8 Å². The van der Waals surface area contributed by atoms with Gasteiger partial charge in [0.1, 0.15) is 6.04 Å². The summed E-state index contributed by atoms with van der Waals surface area (Å²) in [7, 11) is 1.54. The Morgan fingerprint density at radius 2 is 2.18 bits per heavy atom. The van der Waals surface area contributed by atoms with Crippen LogP contribution in [0.5, 0.6) is 0 Å². The topological polar surface area (TPSA) is 67.6 Å². The highest BCUT2D eigenvalue weighted by Gasteiger charge is 2.15. The van der Waals surface area contributed by atoms with Crippen LogP contribution in [0.4, 0.5) is 5.69 Å². The SMILES string of the molecule is COCC(N)C(=O)Nc1cc(CN2CCSCC2)ccc1C. The number of carbonyl (C=O) groups is 1. The number of benzene rings is 1. The fourth-order valence-electron chi connectivity index (χ4n) is 2.40. The van der Waals surface area contributed by atoms with Gasteiger partial charge in [-0.05, 0) is 24.1 Å². The minimum atomic E-state index is -0.646. The Balaban J connectivity index is 2.01. The van der Waals surface area contributed by atoms with E-state index in [0.29, 0.717) is 0 Å². The van der Waals surface area contributed by atoms with Crippen molar-refractivity contribution in [1.29, 1.82) is 0 Å². The third-order valence-electron chi connectivity index (χ3n) is 3.75. The first-order chi connectivity index (χ1) is 10.6. The summed E-state index contributed by atoms with van der Waals surface area (Å²) in [5, 5.41) is 2.91. The smallest absolute Gasteiger partial charge is 0.243 e. The molecule has 0 radical (unpaired) electrons. The van der Waals surface area contributed by atoms with Crippen LogP contribution in [-0.2, 0) is 16.1 Å². The molecule has 5 nitrogen and oxygen atoms in total. The maximum absolute atomic E-state index is 12.0. The first-order valence-electron chi connectivity index (χ1n) is 7.55. The van der Waals surface area contributed by atoms with E-state index in [-0.39, 0.29) is 12.5 Å². The molecule has 1 heterocycles. The molecule has 2 rings (SSSR count). The molecule has 1 aromatic rings. The average Bonchev–Trinajstić information content (AvgIpc) is 2.52. The Morgan fingerprint density at radius 3 is 2.86 bits per heavy atom. The molecule has 0 saturated carbocycles. The number of hydrogen-bond acceptors (Lipinski definition) is 5. The van der Waals surface area contributed by atoms with Gasteiger partial charge in [-0.15, -0.1) is 0 Å². The summed E-state index contributed by atoms with van der Waals surface area (Å²) in [6.45, 7) is 5.38. The van der Waals surface area contributed by atoms with Crippen molar-refractivity contribution in [3.05, 3.63) is 29.3 Å². The number of nitrogens with one attached hydrogen (secondary N) is 1. The number of anilines is 1. The van der Waals surface area contributed by atoms with Crippen molar-refractivity contribution >= 4 is 23.4 Å². The van der Waals surface area contributed by atoms with Gasteiger partial charge in [-0.1, -0.05) is 12.1 Å². The number of aryl methyl sites for hydroxylation is 1. The molecule has 1 unspecified atom stereocenters. The Kier molecular flexibility index (Phi) is 6.70. The van der Waals surface area contributed by atoms with Crippen LogP contribution in [0.2, 0.25) is 0 Å². The molecule has 1 fully saturated rings. The van der Waals surface area contributed by atoms with Gasteiger partial charge in [0.05, 0.1) is 6.61 Å². The van der Waals surface area contributed by atoms with Crippen molar-refractivity contribution in [2.75, 3.05) is 43.6 Å². The largest absolute Gasteiger partial charge is 0.383 e. The van der Waals surface area contributed by atoms with E-state index in [0.717, 1.165) is 30.9 Å². The molecule has 0 bridgehead atoms. The first-order valence-corrected chi connectivity index (χ1v) is 8.70. The van der Waals surface area contributed by atoms with Crippen LogP contribution < -0.4 is 11.1 Å². The van der Waals surface area contributed by atoms with Gasteiger partial charge in [-0.2, -0.15) is 11.8 Å².